The van der Waals surface area contributed by atoms with Gasteiger partial charge in [-0.2, -0.15) is 4.99 Å². The molecular formula is C12H18N4O2S. The molecule has 104 valence electrons. The summed E-state index contributed by atoms with van der Waals surface area (Å²) in [6.45, 7) is 1.86. The lowest BCUT2D eigenvalue weighted by atomic mass is 9.89. The van der Waals surface area contributed by atoms with Crippen LogP contribution in [-0.2, 0) is 16.0 Å². The lowest BCUT2D eigenvalue weighted by Crippen LogP contribution is -2.21. The van der Waals surface area contributed by atoms with E-state index in [1.807, 2.05) is 0 Å². The molecule has 0 fully saturated rings. The van der Waals surface area contributed by atoms with Crippen molar-refractivity contribution in [2.24, 2.45) is 16.5 Å². The number of nitrogens with two attached hydrogens (primary N) is 2. The van der Waals surface area contributed by atoms with Gasteiger partial charge in [-0.1, -0.05) is 11.3 Å². The average molecular weight is 282 g/mol. The molecule has 7 heteroatoms. The lowest BCUT2D eigenvalue weighted by molar-refractivity contribution is -0.141. The van der Waals surface area contributed by atoms with Gasteiger partial charge in [-0.25, -0.2) is 4.98 Å². The van der Waals surface area contributed by atoms with Crippen LogP contribution >= 0.6 is 11.3 Å². The number of aromatic nitrogens is 1. The Morgan fingerprint density at radius 2 is 2.37 bits per heavy atom. The monoisotopic (exact) mass is 282 g/mol. The Kier molecular flexibility index (Phi) is 4.36. The van der Waals surface area contributed by atoms with Gasteiger partial charge in [0, 0.05) is 17.7 Å². The number of hydrogen-bond donors (Lipinski definition) is 2. The number of esters is 1. The van der Waals surface area contributed by atoms with Crippen LogP contribution in [0.4, 0.5) is 5.13 Å². The van der Waals surface area contributed by atoms with E-state index in [0.717, 1.165) is 31.4 Å². The first-order chi connectivity index (χ1) is 9.06. The van der Waals surface area contributed by atoms with Crippen LogP contribution in [0.2, 0.25) is 0 Å². The smallest absolute Gasteiger partial charge is 0.302 e. The number of carbonyl (C=O) groups excluding carboxylic acids is 1. The summed E-state index contributed by atoms with van der Waals surface area (Å²) in [5.74, 6) is 0.125. The van der Waals surface area contributed by atoms with Gasteiger partial charge in [0.1, 0.15) is 0 Å². The van der Waals surface area contributed by atoms with Gasteiger partial charge in [-0.3, -0.25) is 4.79 Å². The Labute approximate surface area is 115 Å². The van der Waals surface area contributed by atoms with Gasteiger partial charge < -0.3 is 16.2 Å². The zero-order valence-corrected chi connectivity index (χ0v) is 11.7. The summed E-state index contributed by atoms with van der Waals surface area (Å²) >= 11 is 1.54. The Balaban J connectivity index is 2.08. The summed E-state index contributed by atoms with van der Waals surface area (Å²) in [5.41, 5.74) is 11.8. The second kappa shape index (κ2) is 6.01. The van der Waals surface area contributed by atoms with Crippen molar-refractivity contribution in [2.45, 2.75) is 38.5 Å². The number of thiazole rings is 1. The minimum atomic E-state index is -0.240. The number of fused-ring (bicyclic) bond motifs is 1. The molecule has 1 aromatic heterocycles. The predicted molar refractivity (Wildman–Crippen MR) is 74.5 cm³/mol. The number of guanidine groups is 1. The zero-order chi connectivity index (χ0) is 13.8. The third-order valence-electron chi connectivity index (χ3n) is 3.06. The van der Waals surface area contributed by atoms with E-state index in [1.165, 1.54) is 11.8 Å². The van der Waals surface area contributed by atoms with E-state index in [1.54, 1.807) is 11.3 Å². The molecule has 0 spiro atoms. The van der Waals surface area contributed by atoms with Gasteiger partial charge in [0.05, 0.1) is 12.3 Å². The van der Waals surface area contributed by atoms with Crippen molar-refractivity contribution in [3.63, 3.8) is 0 Å². The number of ether oxygens (including phenoxy) is 1. The standard InChI is InChI=1S/C12H18N4O2S/c1-7(17)18-6-5-8-3-2-4-9-10(8)15-12(19-9)16-11(13)14/h8H,2-6H2,1H3,(H4,13,14,15,16). The van der Waals surface area contributed by atoms with Crippen molar-refractivity contribution >= 4 is 28.4 Å². The number of carbonyl (C=O) groups is 1. The van der Waals surface area contributed by atoms with E-state index in [2.05, 4.69) is 9.98 Å². The highest BCUT2D eigenvalue weighted by Crippen LogP contribution is 2.39. The molecule has 0 saturated heterocycles. The van der Waals surface area contributed by atoms with Crippen LogP contribution in [0.25, 0.3) is 0 Å². The van der Waals surface area contributed by atoms with Crippen molar-refractivity contribution in [1.82, 2.24) is 4.98 Å². The molecule has 1 aliphatic rings. The van der Waals surface area contributed by atoms with E-state index >= 15 is 0 Å². The maximum absolute atomic E-state index is 10.8. The number of aliphatic imine (C=N–C) groups is 1. The summed E-state index contributed by atoms with van der Waals surface area (Å²) in [7, 11) is 0. The molecule has 6 nitrogen and oxygen atoms in total. The Bertz CT molecular complexity index is 494. The molecule has 1 aromatic rings. The summed E-state index contributed by atoms with van der Waals surface area (Å²) in [5, 5.41) is 0.615. The summed E-state index contributed by atoms with van der Waals surface area (Å²) in [6, 6.07) is 0. The van der Waals surface area contributed by atoms with Crippen LogP contribution in [0.5, 0.6) is 0 Å². The lowest BCUT2D eigenvalue weighted by Gasteiger charge is -2.20. The number of rotatable bonds is 4. The Morgan fingerprint density at radius 3 is 3.05 bits per heavy atom. The fourth-order valence-electron chi connectivity index (χ4n) is 2.28. The third-order valence-corrected chi connectivity index (χ3v) is 4.08. The maximum atomic E-state index is 10.8. The van der Waals surface area contributed by atoms with Crippen molar-refractivity contribution in [3.8, 4) is 0 Å². The van der Waals surface area contributed by atoms with Crippen LogP contribution in [-0.4, -0.2) is 23.5 Å². The first-order valence-corrected chi connectivity index (χ1v) is 7.10. The third kappa shape index (κ3) is 3.66. The Hall–Kier alpha value is -1.63. The molecular weight excluding hydrogens is 264 g/mol. The molecule has 0 aromatic carbocycles. The molecule has 2 rings (SSSR count). The van der Waals surface area contributed by atoms with Gasteiger partial charge in [-0.15, -0.1) is 0 Å². The highest BCUT2D eigenvalue weighted by molar-refractivity contribution is 7.15. The van der Waals surface area contributed by atoms with E-state index in [4.69, 9.17) is 16.2 Å². The molecule has 1 unspecified atom stereocenters. The van der Waals surface area contributed by atoms with E-state index in [-0.39, 0.29) is 11.9 Å². The first kappa shape index (κ1) is 13.8. The number of nitrogens with zero attached hydrogens (tertiary/aromatic N) is 2. The molecule has 0 aliphatic heterocycles. The minimum Gasteiger partial charge on any atom is -0.466 e. The quantitative estimate of drug-likeness (QED) is 0.494. The van der Waals surface area contributed by atoms with Crippen molar-refractivity contribution in [3.05, 3.63) is 10.6 Å². The largest absolute Gasteiger partial charge is 0.466 e. The molecule has 1 aliphatic carbocycles. The zero-order valence-electron chi connectivity index (χ0n) is 10.9. The first-order valence-electron chi connectivity index (χ1n) is 6.29. The van der Waals surface area contributed by atoms with Crippen LogP contribution < -0.4 is 11.5 Å². The molecule has 1 atom stereocenters. The predicted octanol–water partition coefficient (Wildman–Crippen LogP) is 1.42. The molecule has 19 heavy (non-hydrogen) atoms. The highest BCUT2D eigenvalue weighted by atomic mass is 32.1. The van der Waals surface area contributed by atoms with E-state index < -0.39 is 0 Å². The van der Waals surface area contributed by atoms with Gasteiger partial charge in [0.2, 0.25) is 5.13 Å². The minimum absolute atomic E-state index is 0.0301. The highest BCUT2D eigenvalue weighted by Gasteiger charge is 2.24. The van der Waals surface area contributed by atoms with Crippen LogP contribution in [0.1, 0.15) is 42.7 Å². The number of aryl methyl sites for hydroxylation is 1. The Morgan fingerprint density at radius 1 is 1.58 bits per heavy atom. The van der Waals surface area contributed by atoms with Gasteiger partial charge in [-0.05, 0) is 25.7 Å². The van der Waals surface area contributed by atoms with Crippen molar-refractivity contribution in [2.75, 3.05) is 6.61 Å². The topological polar surface area (TPSA) is 104 Å². The fourth-order valence-corrected chi connectivity index (χ4v) is 3.36. The van der Waals surface area contributed by atoms with Crippen molar-refractivity contribution < 1.29 is 9.53 Å². The van der Waals surface area contributed by atoms with E-state index in [9.17, 15) is 4.79 Å². The second-order valence-electron chi connectivity index (χ2n) is 4.56. The van der Waals surface area contributed by atoms with Crippen LogP contribution in [0.3, 0.4) is 0 Å². The summed E-state index contributed by atoms with van der Waals surface area (Å²) < 4.78 is 5.00. The fraction of sp³-hybridized carbons (Fsp3) is 0.583. The molecule has 0 amide bonds. The summed E-state index contributed by atoms with van der Waals surface area (Å²) in [4.78, 5) is 20.5. The molecule has 4 N–H and O–H groups in total. The maximum Gasteiger partial charge on any atom is 0.302 e. The number of hydrogen-bond acceptors (Lipinski definition) is 5. The molecule has 0 bridgehead atoms. The van der Waals surface area contributed by atoms with Gasteiger partial charge in [0.25, 0.3) is 0 Å². The van der Waals surface area contributed by atoms with Crippen LogP contribution in [0.15, 0.2) is 4.99 Å². The van der Waals surface area contributed by atoms with Gasteiger partial charge in [0.15, 0.2) is 5.96 Å². The molecule has 1 heterocycles. The van der Waals surface area contributed by atoms with E-state index in [0.29, 0.717) is 17.7 Å². The molecule has 0 radical (unpaired) electrons. The van der Waals surface area contributed by atoms with Crippen LogP contribution in [0, 0.1) is 0 Å². The molecule has 0 saturated carbocycles. The van der Waals surface area contributed by atoms with Gasteiger partial charge >= 0.3 is 5.97 Å². The van der Waals surface area contributed by atoms with Crippen molar-refractivity contribution in [1.29, 1.82) is 0 Å². The normalized spacial score (nSPS) is 17.6. The summed E-state index contributed by atoms with van der Waals surface area (Å²) in [6.07, 6.45) is 4.02. The SMILES string of the molecule is CC(=O)OCCC1CCCc2sc(N=C(N)N)nc21. The second-order valence-corrected chi connectivity index (χ2v) is 5.62. The average Bonchev–Trinajstić information content (AvgIpc) is 2.70.